The normalized spacial score (nSPS) is 15.8. The molecule has 1 aliphatic heterocycles. The van der Waals surface area contributed by atoms with E-state index in [1.807, 2.05) is 13.8 Å². The Kier molecular flexibility index (Phi) is 10.2. The van der Waals surface area contributed by atoms with Gasteiger partial charge >= 0.3 is 0 Å². The van der Waals surface area contributed by atoms with E-state index in [1.54, 1.807) is 40.6 Å². The highest BCUT2D eigenvalue weighted by Gasteiger charge is 2.29. The molecule has 39 heavy (non-hydrogen) atoms. The topological polar surface area (TPSA) is 89.0 Å². The SMILES string of the molecule is CCCCN(CCCC)S(=O)(=O)c1ccc(C(=O)N(CC2CCCO2)c2nc3c(OC)ccc(Cl)c3s2)cc1. The molecule has 1 saturated heterocycles. The number of hydrogen-bond acceptors (Lipinski definition) is 7. The number of halogens is 1. The molecule has 1 unspecified atom stereocenters. The molecular formula is C28H36ClN3O5S2. The van der Waals surface area contributed by atoms with E-state index >= 15 is 0 Å². The standard InChI is InChI=1S/C28H36ClN3O5S2/c1-4-6-16-31(17-7-5-2)39(34,35)22-12-10-20(11-13-22)27(33)32(19-21-9-8-18-37-21)28-30-25-24(36-3)15-14-23(29)26(25)38-28/h10-15,21H,4-9,16-19H2,1-3H3. The Bertz CT molecular complexity index is 1360. The van der Waals surface area contributed by atoms with Gasteiger partial charge in [-0.15, -0.1) is 0 Å². The summed E-state index contributed by atoms with van der Waals surface area (Å²) in [7, 11) is -2.09. The van der Waals surface area contributed by atoms with Gasteiger partial charge in [0.2, 0.25) is 10.0 Å². The van der Waals surface area contributed by atoms with E-state index < -0.39 is 10.0 Å². The van der Waals surface area contributed by atoms with Gasteiger partial charge in [0.1, 0.15) is 11.3 Å². The number of benzene rings is 2. The monoisotopic (exact) mass is 593 g/mol. The molecule has 0 saturated carbocycles. The number of amides is 1. The zero-order valence-corrected chi connectivity index (χ0v) is 25.1. The highest BCUT2D eigenvalue weighted by molar-refractivity contribution is 7.89. The lowest BCUT2D eigenvalue weighted by Gasteiger charge is -2.24. The highest BCUT2D eigenvalue weighted by Crippen LogP contribution is 2.39. The number of fused-ring (bicyclic) bond motifs is 1. The summed E-state index contributed by atoms with van der Waals surface area (Å²) in [5.41, 5.74) is 0.966. The number of unbranched alkanes of at least 4 members (excludes halogenated alkanes) is 2. The van der Waals surface area contributed by atoms with Gasteiger partial charge in [-0.25, -0.2) is 13.4 Å². The molecule has 3 aromatic rings. The first kappa shape index (κ1) is 29.7. The van der Waals surface area contributed by atoms with Gasteiger partial charge in [0.15, 0.2) is 5.13 Å². The number of anilines is 1. The smallest absolute Gasteiger partial charge is 0.260 e. The zero-order valence-electron chi connectivity index (χ0n) is 22.7. The van der Waals surface area contributed by atoms with Crippen molar-refractivity contribution >= 4 is 54.2 Å². The summed E-state index contributed by atoms with van der Waals surface area (Å²) in [4.78, 5) is 20.4. The van der Waals surface area contributed by atoms with Crippen molar-refractivity contribution in [1.29, 1.82) is 0 Å². The van der Waals surface area contributed by atoms with E-state index in [4.69, 9.17) is 26.1 Å². The maximum atomic E-state index is 13.8. The second kappa shape index (κ2) is 13.4. The minimum Gasteiger partial charge on any atom is -0.494 e. The average Bonchev–Trinajstić information content (AvgIpc) is 3.62. The van der Waals surface area contributed by atoms with Crippen LogP contribution < -0.4 is 9.64 Å². The molecule has 212 valence electrons. The van der Waals surface area contributed by atoms with Crippen LogP contribution in [0.4, 0.5) is 5.13 Å². The molecule has 0 aliphatic carbocycles. The molecule has 11 heteroatoms. The molecule has 4 rings (SSSR count). The second-order valence-corrected chi connectivity index (χ2v) is 12.9. The third-order valence-corrected chi connectivity index (χ3v) is 10.3. The Labute approximate surface area is 239 Å². The highest BCUT2D eigenvalue weighted by atomic mass is 35.5. The van der Waals surface area contributed by atoms with Crippen LogP contribution in [0.5, 0.6) is 5.75 Å². The van der Waals surface area contributed by atoms with E-state index in [0.29, 0.717) is 53.2 Å². The molecule has 8 nitrogen and oxygen atoms in total. The summed E-state index contributed by atoms with van der Waals surface area (Å²) in [6, 6.07) is 9.71. The number of thiazole rings is 1. The molecule has 0 spiro atoms. The number of sulfonamides is 1. The largest absolute Gasteiger partial charge is 0.494 e. The Morgan fingerprint density at radius 1 is 1.13 bits per heavy atom. The summed E-state index contributed by atoms with van der Waals surface area (Å²) in [5, 5.41) is 1.02. The number of rotatable bonds is 13. The predicted molar refractivity (Wildman–Crippen MR) is 157 cm³/mol. The van der Waals surface area contributed by atoms with E-state index in [1.165, 1.54) is 23.5 Å². The zero-order chi connectivity index (χ0) is 28.0. The van der Waals surface area contributed by atoms with Crippen molar-refractivity contribution < 1.29 is 22.7 Å². The van der Waals surface area contributed by atoms with Gasteiger partial charge in [-0.3, -0.25) is 9.69 Å². The first-order valence-corrected chi connectivity index (χ1v) is 16.1. The molecule has 1 aliphatic rings. The lowest BCUT2D eigenvalue weighted by atomic mass is 10.2. The van der Waals surface area contributed by atoms with Crippen LogP contribution in [0.3, 0.4) is 0 Å². The van der Waals surface area contributed by atoms with Crippen molar-refractivity contribution in [1.82, 2.24) is 9.29 Å². The van der Waals surface area contributed by atoms with Crippen molar-refractivity contribution in [3.05, 3.63) is 47.0 Å². The molecule has 1 amide bonds. The second-order valence-electron chi connectivity index (χ2n) is 9.61. The number of carbonyl (C=O) groups excluding carboxylic acids is 1. The van der Waals surface area contributed by atoms with Gasteiger partial charge < -0.3 is 9.47 Å². The number of nitrogens with zero attached hydrogens (tertiary/aromatic N) is 3. The van der Waals surface area contributed by atoms with Crippen molar-refractivity contribution in [2.24, 2.45) is 0 Å². The van der Waals surface area contributed by atoms with Crippen molar-refractivity contribution in [2.75, 3.05) is 38.3 Å². The van der Waals surface area contributed by atoms with Crippen molar-refractivity contribution in [3.63, 3.8) is 0 Å². The van der Waals surface area contributed by atoms with E-state index in [0.717, 1.165) is 43.2 Å². The van der Waals surface area contributed by atoms with Crippen molar-refractivity contribution in [2.45, 2.75) is 63.4 Å². The lowest BCUT2D eigenvalue weighted by Crippen LogP contribution is -2.37. The molecule has 1 aromatic heterocycles. The number of methoxy groups -OCH3 is 1. The molecule has 0 bridgehead atoms. The minimum absolute atomic E-state index is 0.108. The van der Waals surface area contributed by atoms with E-state index in [-0.39, 0.29) is 16.9 Å². The third-order valence-electron chi connectivity index (χ3n) is 6.81. The Balaban J connectivity index is 1.65. The molecule has 1 atom stereocenters. The number of hydrogen-bond donors (Lipinski definition) is 0. The van der Waals surface area contributed by atoms with Gasteiger partial charge in [0.25, 0.3) is 5.91 Å². The Hall–Kier alpha value is -2.24. The van der Waals surface area contributed by atoms with Crippen molar-refractivity contribution in [3.8, 4) is 5.75 Å². The molecular weight excluding hydrogens is 558 g/mol. The van der Waals surface area contributed by atoms with Gasteiger partial charge in [0.05, 0.1) is 34.4 Å². The van der Waals surface area contributed by atoms with Crippen LogP contribution >= 0.6 is 22.9 Å². The fourth-order valence-electron chi connectivity index (χ4n) is 4.56. The first-order valence-electron chi connectivity index (χ1n) is 13.5. The number of aromatic nitrogens is 1. The summed E-state index contributed by atoms with van der Waals surface area (Å²) in [5.74, 6) is 0.295. The average molecular weight is 594 g/mol. The summed E-state index contributed by atoms with van der Waals surface area (Å²) < 4.78 is 40.4. The molecule has 0 N–H and O–H groups in total. The maximum Gasteiger partial charge on any atom is 0.260 e. The van der Waals surface area contributed by atoms with Crippen LogP contribution in [0.1, 0.15) is 62.7 Å². The fourth-order valence-corrected chi connectivity index (χ4v) is 7.34. The molecule has 0 radical (unpaired) electrons. The quantitative estimate of drug-likeness (QED) is 0.229. The predicted octanol–water partition coefficient (Wildman–Crippen LogP) is 6.38. The van der Waals surface area contributed by atoms with Crippen LogP contribution in [0.2, 0.25) is 5.02 Å². The molecule has 1 fully saturated rings. The first-order chi connectivity index (χ1) is 18.8. The van der Waals surface area contributed by atoms with Crippen LogP contribution in [-0.2, 0) is 14.8 Å². The van der Waals surface area contributed by atoms with Crippen LogP contribution in [0.25, 0.3) is 10.2 Å². The lowest BCUT2D eigenvalue weighted by molar-refractivity contribution is 0.0917. The summed E-state index contributed by atoms with van der Waals surface area (Å²) in [6.45, 7) is 6.05. The van der Waals surface area contributed by atoms with E-state index in [2.05, 4.69) is 0 Å². The van der Waals surface area contributed by atoms with Crippen LogP contribution in [0.15, 0.2) is 41.3 Å². The number of ether oxygens (including phenoxy) is 2. The summed E-state index contributed by atoms with van der Waals surface area (Å²) >= 11 is 7.76. The fraction of sp³-hybridized carbons (Fsp3) is 0.500. The van der Waals surface area contributed by atoms with Crippen LogP contribution in [-0.4, -0.2) is 63.1 Å². The van der Waals surface area contributed by atoms with Gasteiger partial charge in [-0.2, -0.15) is 4.31 Å². The molecule has 2 aromatic carbocycles. The molecule has 2 heterocycles. The summed E-state index contributed by atoms with van der Waals surface area (Å²) in [6.07, 6.45) is 5.10. The van der Waals surface area contributed by atoms with Gasteiger partial charge in [0, 0.05) is 25.3 Å². The minimum atomic E-state index is -3.66. The number of carbonyl (C=O) groups is 1. The van der Waals surface area contributed by atoms with Gasteiger partial charge in [-0.1, -0.05) is 49.6 Å². The Morgan fingerprint density at radius 3 is 2.41 bits per heavy atom. The maximum absolute atomic E-state index is 13.8. The van der Waals surface area contributed by atoms with Crippen LogP contribution in [0, 0.1) is 0 Å². The Morgan fingerprint density at radius 2 is 1.82 bits per heavy atom. The van der Waals surface area contributed by atoms with Gasteiger partial charge in [-0.05, 0) is 62.1 Å². The third kappa shape index (κ3) is 6.74. The van der Waals surface area contributed by atoms with E-state index in [9.17, 15) is 13.2 Å².